The molecule has 0 saturated carbocycles. The summed E-state index contributed by atoms with van der Waals surface area (Å²) >= 11 is 5.83. The minimum Gasteiger partial charge on any atom is -0.398 e. The van der Waals surface area contributed by atoms with Crippen LogP contribution in [0.3, 0.4) is 0 Å². The fourth-order valence-corrected chi connectivity index (χ4v) is 3.45. The first-order valence-electron chi connectivity index (χ1n) is 8.27. The molecule has 0 aliphatic rings. The van der Waals surface area contributed by atoms with Gasteiger partial charge in [-0.1, -0.05) is 25.7 Å². The summed E-state index contributed by atoms with van der Waals surface area (Å²) in [4.78, 5) is 7.64. The number of hydrogen-bond acceptors (Lipinski definition) is 5. The maximum absolute atomic E-state index is 14.3. The summed E-state index contributed by atoms with van der Waals surface area (Å²) in [7, 11) is -1.18. The average Bonchev–Trinajstić information content (AvgIpc) is 2.93. The Balaban J connectivity index is 1.98. The normalized spacial score (nSPS) is 12.0. The Labute approximate surface area is 157 Å². The molecule has 0 unspecified atom stereocenters. The number of fused-ring (bicyclic) bond motifs is 1. The fourth-order valence-electron chi connectivity index (χ4n) is 2.56. The van der Waals surface area contributed by atoms with Crippen LogP contribution in [-0.2, 0) is 11.5 Å². The van der Waals surface area contributed by atoms with Crippen LogP contribution in [0, 0.1) is 5.82 Å². The SMILES string of the molecule is C[Si](C)(C)CCOCn1nc(-c2nc(Cl)ncc2F)c2c(N)cccc21. The smallest absolute Gasteiger partial charge is 0.223 e. The zero-order chi connectivity index (χ0) is 18.9. The van der Waals surface area contributed by atoms with Crippen molar-refractivity contribution in [3.05, 3.63) is 35.5 Å². The van der Waals surface area contributed by atoms with Gasteiger partial charge in [-0.2, -0.15) is 5.10 Å². The van der Waals surface area contributed by atoms with Gasteiger partial charge in [0.1, 0.15) is 18.1 Å². The largest absolute Gasteiger partial charge is 0.398 e. The van der Waals surface area contributed by atoms with Crippen molar-refractivity contribution < 1.29 is 9.13 Å². The van der Waals surface area contributed by atoms with Crippen molar-refractivity contribution in [3.63, 3.8) is 0 Å². The average molecular weight is 394 g/mol. The van der Waals surface area contributed by atoms with Gasteiger partial charge in [-0.05, 0) is 29.8 Å². The monoisotopic (exact) mass is 393 g/mol. The Morgan fingerprint density at radius 2 is 2.04 bits per heavy atom. The van der Waals surface area contributed by atoms with Crippen LogP contribution < -0.4 is 5.73 Å². The molecule has 0 aliphatic heterocycles. The summed E-state index contributed by atoms with van der Waals surface area (Å²) in [6.45, 7) is 7.79. The second-order valence-electron chi connectivity index (χ2n) is 7.27. The summed E-state index contributed by atoms with van der Waals surface area (Å²) in [5, 5.41) is 5.06. The van der Waals surface area contributed by atoms with E-state index in [1.165, 1.54) is 0 Å². The van der Waals surface area contributed by atoms with Crippen LogP contribution in [0.4, 0.5) is 10.1 Å². The minimum absolute atomic E-state index is 0.0220. The Kier molecular flexibility index (Phi) is 5.26. The zero-order valence-electron chi connectivity index (χ0n) is 15.0. The van der Waals surface area contributed by atoms with Gasteiger partial charge < -0.3 is 10.5 Å². The van der Waals surface area contributed by atoms with E-state index < -0.39 is 13.9 Å². The molecule has 138 valence electrons. The van der Waals surface area contributed by atoms with Gasteiger partial charge in [-0.3, -0.25) is 0 Å². The highest BCUT2D eigenvalue weighted by Gasteiger charge is 2.20. The van der Waals surface area contributed by atoms with Gasteiger partial charge >= 0.3 is 0 Å². The van der Waals surface area contributed by atoms with Gasteiger partial charge in [-0.25, -0.2) is 19.0 Å². The van der Waals surface area contributed by atoms with Crippen LogP contribution in [0.15, 0.2) is 24.4 Å². The fraction of sp³-hybridized carbons (Fsp3) is 0.353. The molecular formula is C17H21ClFN5OSi. The van der Waals surface area contributed by atoms with Crippen LogP contribution >= 0.6 is 11.6 Å². The van der Waals surface area contributed by atoms with E-state index in [1.54, 1.807) is 10.7 Å². The number of nitrogens with zero attached hydrogens (tertiary/aromatic N) is 4. The van der Waals surface area contributed by atoms with Crippen molar-refractivity contribution in [2.24, 2.45) is 0 Å². The molecular weight excluding hydrogens is 373 g/mol. The molecule has 26 heavy (non-hydrogen) atoms. The standard InChI is InChI=1S/C17H21ClFN5OSi/c1-26(2,3)8-7-25-10-24-13-6-4-5-12(20)14(13)16(23-24)15-11(19)9-21-17(18)22-15/h4-6,9H,7-8,10,20H2,1-3H3. The highest BCUT2D eigenvalue weighted by Crippen LogP contribution is 2.32. The van der Waals surface area contributed by atoms with Gasteiger partial charge in [0.2, 0.25) is 5.28 Å². The predicted molar refractivity (Wildman–Crippen MR) is 104 cm³/mol. The highest BCUT2D eigenvalue weighted by molar-refractivity contribution is 6.76. The van der Waals surface area contributed by atoms with E-state index in [4.69, 9.17) is 22.1 Å². The lowest BCUT2D eigenvalue weighted by Gasteiger charge is -2.15. The molecule has 0 spiro atoms. The van der Waals surface area contributed by atoms with Crippen molar-refractivity contribution >= 4 is 36.3 Å². The number of rotatable bonds is 6. The maximum atomic E-state index is 14.3. The molecule has 2 N–H and O–H groups in total. The van der Waals surface area contributed by atoms with Gasteiger partial charge in [0.15, 0.2) is 5.82 Å². The number of hydrogen-bond donors (Lipinski definition) is 1. The predicted octanol–water partition coefficient (Wildman–Crippen LogP) is 4.18. The molecule has 3 rings (SSSR count). The van der Waals surface area contributed by atoms with Crippen molar-refractivity contribution in [2.45, 2.75) is 32.4 Å². The highest BCUT2D eigenvalue weighted by atomic mass is 35.5. The first kappa shape index (κ1) is 18.7. The van der Waals surface area contributed by atoms with E-state index in [1.807, 2.05) is 12.1 Å². The van der Waals surface area contributed by atoms with Gasteiger partial charge in [0, 0.05) is 20.4 Å². The number of benzene rings is 1. The third kappa shape index (κ3) is 4.03. The van der Waals surface area contributed by atoms with Gasteiger partial charge in [-0.15, -0.1) is 0 Å². The summed E-state index contributed by atoms with van der Waals surface area (Å²) < 4.78 is 21.7. The Bertz CT molecular complexity index is 941. The lowest BCUT2D eigenvalue weighted by Crippen LogP contribution is -2.22. The number of nitrogens with two attached hydrogens (primary N) is 1. The van der Waals surface area contributed by atoms with E-state index in [2.05, 4.69) is 34.7 Å². The zero-order valence-corrected chi connectivity index (χ0v) is 16.7. The number of anilines is 1. The molecule has 1 aromatic carbocycles. The summed E-state index contributed by atoms with van der Waals surface area (Å²) in [6, 6.07) is 6.48. The van der Waals surface area contributed by atoms with Crippen LogP contribution in [0.25, 0.3) is 22.3 Å². The van der Waals surface area contributed by atoms with Gasteiger partial charge in [0.05, 0.1) is 17.1 Å². The van der Waals surface area contributed by atoms with E-state index >= 15 is 0 Å². The Hall–Kier alpha value is -2.03. The van der Waals surface area contributed by atoms with E-state index in [9.17, 15) is 4.39 Å². The molecule has 9 heteroatoms. The van der Waals surface area contributed by atoms with Crippen molar-refractivity contribution in [2.75, 3.05) is 12.3 Å². The van der Waals surface area contributed by atoms with Crippen molar-refractivity contribution in [1.29, 1.82) is 0 Å². The van der Waals surface area contributed by atoms with E-state index in [-0.39, 0.29) is 17.7 Å². The number of nitrogen functional groups attached to an aromatic ring is 1. The summed E-state index contributed by atoms with van der Waals surface area (Å²) in [5.41, 5.74) is 7.71. The maximum Gasteiger partial charge on any atom is 0.223 e. The van der Waals surface area contributed by atoms with Crippen molar-refractivity contribution in [1.82, 2.24) is 19.7 Å². The molecule has 2 aromatic heterocycles. The van der Waals surface area contributed by atoms with E-state index in [0.717, 1.165) is 17.8 Å². The molecule has 0 aliphatic carbocycles. The minimum atomic E-state index is -1.18. The van der Waals surface area contributed by atoms with Crippen LogP contribution in [0.1, 0.15) is 0 Å². The molecule has 0 atom stereocenters. The first-order chi connectivity index (χ1) is 12.3. The Morgan fingerprint density at radius 1 is 1.27 bits per heavy atom. The molecule has 0 amide bonds. The lowest BCUT2D eigenvalue weighted by molar-refractivity contribution is 0.0818. The topological polar surface area (TPSA) is 78.8 Å². The summed E-state index contributed by atoms with van der Waals surface area (Å²) in [5.74, 6) is -0.608. The second-order valence-corrected chi connectivity index (χ2v) is 13.2. The van der Waals surface area contributed by atoms with Crippen LogP contribution in [-0.4, -0.2) is 34.4 Å². The third-order valence-corrected chi connectivity index (χ3v) is 5.85. The van der Waals surface area contributed by atoms with Crippen LogP contribution in [0.2, 0.25) is 31.0 Å². The number of halogens is 2. The second kappa shape index (κ2) is 7.30. The van der Waals surface area contributed by atoms with Gasteiger partial charge in [0.25, 0.3) is 0 Å². The summed E-state index contributed by atoms with van der Waals surface area (Å²) in [6.07, 6.45) is 1.03. The third-order valence-electron chi connectivity index (χ3n) is 3.96. The molecule has 0 bridgehead atoms. The molecule has 3 aromatic rings. The molecule has 6 nitrogen and oxygen atoms in total. The number of aromatic nitrogens is 4. The van der Waals surface area contributed by atoms with Crippen molar-refractivity contribution in [3.8, 4) is 11.4 Å². The molecule has 0 fully saturated rings. The Morgan fingerprint density at radius 3 is 2.77 bits per heavy atom. The van der Waals surface area contributed by atoms with E-state index in [0.29, 0.717) is 23.4 Å². The molecule has 0 saturated heterocycles. The molecule has 0 radical (unpaired) electrons. The molecule has 2 heterocycles. The van der Waals surface area contributed by atoms with Crippen LogP contribution in [0.5, 0.6) is 0 Å². The number of ether oxygens (including phenoxy) is 1. The first-order valence-corrected chi connectivity index (χ1v) is 12.4. The lowest BCUT2D eigenvalue weighted by atomic mass is 10.1. The quantitative estimate of drug-likeness (QED) is 0.294.